The van der Waals surface area contributed by atoms with Crippen LogP contribution in [0.2, 0.25) is 0 Å². The van der Waals surface area contributed by atoms with Crippen LogP contribution in [0.25, 0.3) is 0 Å². The molecule has 0 aliphatic carbocycles. The minimum atomic E-state index is -0.0692. The molecule has 1 saturated heterocycles. The fourth-order valence-corrected chi connectivity index (χ4v) is 3.23. The molecule has 0 saturated carbocycles. The quantitative estimate of drug-likeness (QED) is 0.724. The molecular weight excluding hydrogens is 318 g/mol. The van der Waals surface area contributed by atoms with Crippen molar-refractivity contribution in [2.75, 3.05) is 40.8 Å². The lowest BCUT2D eigenvalue weighted by atomic mass is 10.1. The Kier molecular flexibility index (Phi) is 7.40. The Hall–Kier alpha value is -1.92. The Labute approximate surface area is 150 Å². The fourth-order valence-electron chi connectivity index (χ4n) is 3.23. The van der Waals surface area contributed by atoms with Gasteiger partial charge in [0, 0.05) is 39.9 Å². The van der Waals surface area contributed by atoms with Gasteiger partial charge < -0.3 is 15.0 Å². The van der Waals surface area contributed by atoms with Crippen molar-refractivity contribution in [2.24, 2.45) is 0 Å². The minimum absolute atomic E-state index is 0.00331. The van der Waals surface area contributed by atoms with Crippen LogP contribution in [0.1, 0.15) is 35.2 Å². The van der Waals surface area contributed by atoms with E-state index in [0.717, 1.165) is 37.9 Å². The van der Waals surface area contributed by atoms with Gasteiger partial charge in [0.15, 0.2) is 0 Å². The second kappa shape index (κ2) is 9.53. The van der Waals surface area contributed by atoms with Crippen LogP contribution in [0.15, 0.2) is 24.3 Å². The highest BCUT2D eigenvalue weighted by Gasteiger charge is 2.30. The number of carbonyl (C=O) groups excluding carboxylic acids is 2. The summed E-state index contributed by atoms with van der Waals surface area (Å²) in [6.07, 6.45) is 2.82. The Morgan fingerprint density at radius 1 is 1.36 bits per heavy atom. The molecule has 1 fully saturated rings. The Bertz CT molecular complexity index is 589. The Morgan fingerprint density at radius 2 is 2.16 bits per heavy atom. The van der Waals surface area contributed by atoms with E-state index in [0.29, 0.717) is 18.7 Å². The molecule has 6 heteroatoms. The van der Waals surface area contributed by atoms with Crippen LogP contribution in [0.3, 0.4) is 0 Å². The molecule has 1 aromatic carbocycles. The van der Waals surface area contributed by atoms with Crippen molar-refractivity contribution in [3.63, 3.8) is 0 Å². The summed E-state index contributed by atoms with van der Waals surface area (Å²) in [7, 11) is 5.24. The molecule has 25 heavy (non-hydrogen) atoms. The van der Waals surface area contributed by atoms with Crippen molar-refractivity contribution in [3.05, 3.63) is 35.4 Å². The second-order valence-electron chi connectivity index (χ2n) is 6.67. The average Bonchev–Trinajstić information content (AvgIpc) is 3.06. The molecule has 2 rings (SSSR count). The van der Waals surface area contributed by atoms with E-state index in [2.05, 4.69) is 10.2 Å². The first-order valence-corrected chi connectivity index (χ1v) is 8.84. The molecule has 1 aromatic rings. The fraction of sp³-hybridized carbons (Fsp3) is 0.579. The van der Waals surface area contributed by atoms with Gasteiger partial charge in [-0.3, -0.25) is 14.5 Å². The first kappa shape index (κ1) is 19.4. The number of ether oxygens (including phenoxy) is 1. The summed E-state index contributed by atoms with van der Waals surface area (Å²) in [5.41, 5.74) is 1.63. The minimum Gasteiger partial charge on any atom is -0.380 e. The number of methoxy groups -OCH3 is 1. The van der Waals surface area contributed by atoms with Gasteiger partial charge in [0.2, 0.25) is 5.91 Å². The lowest BCUT2D eigenvalue weighted by Crippen LogP contribution is -2.43. The van der Waals surface area contributed by atoms with E-state index < -0.39 is 0 Å². The van der Waals surface area contributed by atoms with Crippen LogP contribution in [-0.4, -0.2) is 68.5 Å². The number of amides is 2. The summed E-state index contributed by atoms with van der Waals surface area (Å²) < 4.78 is 5.10. The maximum Gasteiger partial charge on any atom is 0.251 e. The van der Waals surface area contributed by atoms with E-state index in [9.17, 15) is 9.59 Å². The SMILES string of the molecule is COCc1cccc(C(=O)NCCCN2CCC[C@@H]2C(=O)N(C)C)c1. The van der Waals surface area contributed by atoms with Gasteiger partial charge in [0.25, 0.3) is 5.91 Å². The number of benzene rings is 1. The van der Waals surface area contributed by atoms with Crippen LogP contribution >= 0.6 is 0 Å². The third kappa shape index (κ3) is 5.54. The average molecular weight is 347 g/mol. The predicted molar refractivity (Wildman–Crippen MR) is 97.4 cm³/mol. The molecule has 6 nitrogen and oxygen atoms in total. The third-order valence-electron chi connectivity index (χ3n) is 4.50. The van der Waals surface area contributed by atoms with E-state index in [1.807, 2.05) is 18.2 Å². The number of nitrogens with zero attached hydrogens (tertiary/aromatic N) is 2. The Balaban J connectivity index is 1.76. The van der Waals surface area contributed by atoms with Crippen molar-refractivity contribution in [2.45, 2.75) is 31.9 Å². The van der Waals surface area contributed by atoms with Gasteiger partial charge in [-0.1, -0.05) is 12.1 Å². The molecule has 0 unspecified atom stereocenters. The van der Waals surface area contributed by atoms with Crippen molar-refractivity contribution in [1.82, 2.24) is 15.1 Å². The van der Waals surface area contributed by atoms with Gasteiger partial charge in [-0.25, -0.2) is 0 Å². The summed E-state index contributed by atoms with van der Waals surface area (Å²) in [6.45, 7) is 2.88. The van der Waals surface area contributed by atoms with E-state index in [4.69, 9.17) is 4.74 Å². The second-order valence-corrected chi connectivity index (χ2v) is 6.67. The van der Waals surface area contributed by atoms with Crippen LogP contribution in [0.4, 0.5) is 0 Å². The molecule has 1 atom stereocenters. The monoisotopic (exact) mass is 347 g/mol. The third-order valence-corrected chi connectivity index (χ3v) is 4.50. The molecule has 0 radical (unpaired) electrons. The normalized spacial score (nSPS) is 17.5. The zero-order chi connectivity index (χ0) is 18.2. The molecule has 138 valence electrons. The van der Waals surface area contributed by atoms with Gasteiger partial charge in [0.05, 0.1) is 12.6 Å². The van der Waals surface area contributed by atoms with Crippen molar-refractivity contribution >= 4 is 11.8 Å². The van der Waals surface area contributed by atoms with Gasteiger partial charge in [-0.05, 0) is 43.5 Å². The maximum absolute atomic E-state index is 12.2. The number of nitrogens with one attached hydrogen (secondary N) is 1. The molecule has 1 heterocycles. The van der Waals surface area contributed by atoms with Gasteiger partial charge in [-0.2, -0.15) is 0 Å². The molecular formula is C19H29N3O3. The largest absolute Gasteiger partial charge is 0.380 e. The van der Waals surface area contributed by atoms with E-state index in [-0.39, 0.29) is 17.9 Å². The summed E-state index contributed by atoms with van der Waals surface area (Å²) in [5.74, 6) is 0.108. The van der Waals surface area contributed by atoms with E-state index in [1.165, 1.54) is 0 Å². The van der Waals surface area contributed by atoms with Crippen LogP contribution < -0.4 is 5.32 Å². The standard InChI is InChI=1S/C19H29N3O3/c1-21(2)19(24)17-9-5-11-22(17)12-6-10-20-18(23)16-8-4-7-15(13-16)14-25-3/h4,7-8,13,17H,5-6,9-12,14H2,1-3H3,(H,20,23)/t17-/m1/s1. The van der Waals surface area contributed by atoms with Crippen LogP contribution in [0, 0.1) is 0 Å². The van der Waals surface area contributed by atoms with Gasteiger partial charge in [-0.15, -0.1) is 0 Å². The van der Waals surface area contributed by atoms with Crippen LogP contribution in [0.5, 0.6) is 0 Å². The number of hydrogen-bond donors (Lipinski definition) is 1. The number of hydrogen-bond acceptors (Lipinski definition) is 4. The zero-order valence-electron chi connectivity index (χ0n) is 15.5. The summed E-state index contributed by atoms with van der Waals surface area (Å²) in [6, 6.07) is 7.46. The van der Waals surface area contributed by atoms with E-state index in [1.54, 1.807) is 32.2 Å². The summed E-state index contributed by atoms with van der Waals surface area (Å²) in [5, 5.41) is 2.96. The summed E-state index contributed by atoms with van der Waals surface area (Å²) in [4.78, 5) is 28.3. The van der Waals surface area contributed by atoms with E-state index >= 15 is 0 Å². The molecule has 1 aliphatic rings. The maximum atomic E-state index is 12.2. The molecule has 0 spiro atoms. The highest BCUT2D eigenvalue weighted by Crippen LogP contribution is 2.18. The van der Waals surface area contributed by atoms with Gasteiger partial charge >= 0.3 is 0 Å². The van der Waals surface area contributed by atoms with Crippen molar-refractivity contribution in [1.29, 1.82) is 0 Å². The molecule has 0 bridgehead atoms. The first-order valence-electron chi connectivity index (χ1n) is 8.84. The number of carbonyl (C=O) groups is 2. The highest BCUT2D eigenvalue weighted by atomic mass is 16.5. The summed E-state index contributed by atoms with van der Waals surface area (Å²) >= 11 is 0. The topological polar surface area (TPSA) is 61.9 Å². The predicted octanol–water partition coefficient (Wildman–Crippen LogP) is 1.51. The lowest BCUT2D eigenvalue weighted by Gasteiger charge is -2.26. The van der Waals surface area contributed by atoms with Crippen molar-refractivity contribution < 1.29 is 14.3 Å². The first-order chi connectivity index (χ1) is 12.0. The Morgan fingerprint density at radius 3 is 2.88 bits per heavy atom. The molecule has 2 amide bonds. The smallest absolute Gasteiger partial charge is 0.251 e. The zero-order valence-corrected chi connectivity index (χ0v) is 15.5. The number of likely N-dealkylation sites (N-methyl/N-ethyl adjacent to an activating group) is 1. The molecule has 0 aromatic heterocycles. The molecule has 1 N–H and O–H groups in total. The lowest BCUT2D eigenvalue weighted by molar-refractivity contribution is -0.133. The highest BCUT2D eigenvalue weighted by molar-refractivity contribution is 5.94. The van der Waals surface area contributed by atoms with Crippen molar-refractivity contribution in [3.8, 4) is 0 Å². The number of rotatable bonds is 8. The van der Waals surface area contributed by atoms with Crippen LogP contribution in [-0.2, 0) is 16.1 Å². The molecule has 1 aliphatic heterocycles. The number of likely N-dealkylation sites (tertiary alicyclic amines) is 1. The van der Waals surface area contributed by atoms with Gasteiger partial charge in [0.1, 0.15) is 0 Å².